The second-order valence-corrected chi connectivity index (χ2v) is 11.0. The molecule has 0 aromatic heterocycles. The molecular formula is C29H38N2O7. The van der Waals surface area contributed by atoms with Gasteiger partial charge in [-0.3, -0.25) is 14.4 Å². The highest BCUT2D eigenvalue weighted by Gasteiger charge is 2.52. The van der Waals surface area contributed by atoms with E-state index in [9.17, 15) is 24.6 Å². The number of rotatable bonds is 9. The maximum atomic E-state index is 13.8. The minimum Gasteiger partial charge on any atom is -0.493 e. The number of fused-ring (bicyclic) bond motifs is 3. The first-order chi connectivity index (χ1) is 18.5. The van der Waals surface area contributed by atoms with Crippen LogP contribution in [0.5, 0.6) is 11.5 Å². The number of aliphatic hydroxyl groups excluding tert-OH is 2. The second-order valence-electron chi connectivity index (χ2n) is 11.0. The Kier molecular flexibility index (Phi) is 8.04. The summed E-state index contributed by atoms with van der Waals surface area (Å²) in [6.07, 6.45) is 9.11. The molecular weight excluding hydrogens is 488 g/mol. The van der Waals surface area contributed by atoms with Gasteiger partial charge in [-0.05, 0) is 49.8 Å². The average molecular weight is 527 g/mol. The molecule has 2 amide bonds. The second kappa shape index (κ2) is 11.5. The molecule has 0 saturated heterocycles. The van der Waals surface area contributed by atoms with Crippen molar-refractivity contribution in [3.8, 4) is 11.5 Å². The maximum Gasteiger partial charge on any atom is 0.247 e. The average Bonchev–Trinajstić information content (AvgIpc) is 3.70. The number of carbonyl (C=O) groups excluding carboxylic acids is 3. The van der Waals surface area contributed by atoms with E-state index < -0.39 is 30.1 Å². The van der Waals surface area contributed by atoms with Crippen molar-refractivity contribution in [2.75, 3.05) is 20.3 Å². The van der Waals surface area contributed by atoms with Crippen LogP contribution >= 0.6 is 0 Å². The fourth-order valence-corrected chi connectivity index (χ4v) is 6.89. The van der Waals surface area contributed by atoms with Crippen molar-refractivity contribution < 1.29 is 34.1 Å². The molecule has 0 bridgehead atoms. The van der Waals surface area contributed by atoms with Gasteiger partial charge in [-0.1, -0.05) is 25.7 Å². The van der Waals surface area contributed by atoms with Crippen LogP contribution in [0.2, 0.25) is 0 Å². The summed E-state index contributed by atoms with van der Waals surface area (Å²) in [5, 5.41) is 23.8. The van der Waals surface area contributed by atoms with Crippen LogP contribution in [0.4, 0.5) is 0 Å². The van der Waals surface area contributed by atoms with Crippen LogP contribution < -0.4 is 14.8 Å². The summed E-state index contributed by atoms with van der Waals surface area (Å²) in [7, 11) is 1.48. The molecule has 3 aliphatic carbocycles. The molecule has 5 rings (SSSR count). The van der Waals surface area contributed by atoms with Crippen molar-refractivity contribution in [3.63, 3.8) is 0 Å². The van der Waals surface area contributed by atoms with E-state index in [1.807, 2.05) is 4.90 Å². The Morgan fingerprint density at radius 3 is 2.53 bits per heavy atom. The lowest BCUT2D eigenvalue weighted by Gasteiger charge is -2.43. The van der Waals surface area contributed by atoms with E-state index in [1.54, 1.807) is 18.2 Å². The van der Waals surface area contributed by atoms with E-state index in [4.69, 9.17) is 9.47 Å². The zero-order valence-corrected chi connectivity index (χ0v) is 21.9. The highest BCUT2D eigenvalue weighted by atomic mass is 16.5. The largest absolute Gasteiger partial charge is 0.493 e. The summed E-state index contributed by atoms with van der Waals surface area (Å²) in [5.41, 5.74) is 1.32. The zero-order chi connectivity index (χ0) is 26.8. The number of carbonyl (C=O) groups is 3. The monoisotopic (exact) mass is 526 g/mol. The minimum atomic E-state index is -1.08. The fraction of sp³-hybridized carbons (Fsp3) is 0.621. The molecule has 2 saturated carbocycles. The Bertz CT molecular complexity index is 1090. The number of aldehydes is 1. The van der Waals surface area contributed by atoms with Gasteiger partial charge in [-0.25, -0.2) is 0 Å². The lowest BCUT2D eigenvalue weighted by molar-refractivity contribution is -0.141. The van der Waals surface area contributed by atoms with E-state index in [1.165, 1.54) is 7.11 Å². The van der Waals surface area contributed by atoms with Crippen molar-refractivity contribution in [1.29, 1.82) is 0 Å². The quantitative estimate of drug-likeness (QED) is 0.422. The van der Waals surface area contributed by atoms with Crippen LogP contribution in [0.3, 0.4) is 0 Å². The van der Waals surface area contributed by atoms with Crippen molar-refractivity contribution in [1.82, 2.24) is 10.2 Å². The highest BCUT2D eigenvalue weighted by Crippen LogP contribution is 2.51. The minimum absolute atomic E-state index is 0.00177. The Balaban J connectivity index is 1.56. The summed E-state index contributed by atoms with van der Waals surface area (Å²) in [6, 6.07) is 2.50. The topological polar surface area (TPSA) is 125 Å². The van der Waals surface area contributed by atoms with Gasteiger partial charge in [0.25, 0.3) is 0 Å². The third kappa shape index (κ3) is 4.94. The Hall–Kier alpha value is -2.91. The predicted molar refractivity (Wildman–Crippen MR) is 139 cm³/mol. The van der Waals surface area contributed by atoms with Gasteiger partial charge in [-0.15, -0.1) is 0 Å². The lowest BCUT2D eigenvalue weighted by atomic mass is 9.76. The van der Waals surface area contributed by atoms with E-state index in [0.29, 0.717) is 46.8 Å². The molecule has 206 valence electrons. The van der Waals surface area contributed by atoms with Gasteiger partial charge < -0.3 is 29.9 Å². The summed E-state index contributed by atoms with van der Waals surface area (Å²) in [6.45, 7) is -0.150. The Labute approximate surface area is 223 Å². The van der Waals surface area contributed by atoms with E-state index in [-0.39, 0.29) is 25.1 Å². The number of nitrogens with one attached hydrogen (secondary N) is 1. The molecule has 1 aromatic carbocycles. The standard InChI is InChI=1S/C29H38N2O7/c1-37-23-13-18(16-33)12-20-25-21(29(36)30-10-11-32)15-22(26(35)28(25)38-27(20)23)31(19-8-4-5-9-19)24(34)14-17-6-2-3-7-17/h12-13,15-17,19,22,25-26,28,32,35H,2-11,14H2,1H3,(H,30,36)/t22-,25+,26+,28+/m1/s1. The number of methoxy groups -OCH3 is 1. The molecule has 0 spiro atoms. The Morgan fingerprint density at radius 2 is 1.87 bits per heavy atom. The number of benzene rings is 1. The summed E-state index contributed by atoms with van der Waals surface area (Å²) in [4.78, 5) is 40.7. The number of aliphatic hydroxyl groups is 2. The first-order valence-corrected chi connectivity index (χ1v) is 13.9. The van der Waals surface area contributed by atoms with Crippen LogP contribution in [0.1, 0.15) is 79.6 Å². The number of nitrogens with zero attached hydrogens (tertiary/aromatic N) is 1. The van der Waals surface area contributed by atoms with Crippen molar-refractivity contribution in [2.24, 2.45) is 5.92 Å². The van der Waals surface area contributed by atoms with Crippen molar-refractivity contribution in [3.05, 3.63) is 34.9 Å². The molecule has 1 heterocycles. The number of ether oxygens (including phenoxy) is 2. The van der Waals surface area contributed by atoms with Crippen molar-refractivity contribution in [2.45, 2.75) is 88.0 Å². The van der Waals surface area contributed by atoms with E-state index in [2.05, 4.69) is 5.32 Å². The third-order valence-electron chi connectivity index (χ3n) is 8.68. The van der Waals surface area contributed by atoms with Gasteiger partial charge in [-0.2, -0.15) is 0 Å². The van der Waals surface area contributed by atoms with Crippen LogP contribution in [-0.4, -0.2) is 77.8 Å². The molecule has 1 aliphatic heterocycles. The summed E-state index contributed by atoms with van der Waals surface area (Å²) in [5.74, 6) is 0.0657. The molecule has 2 fully saturated rings. The summed E-state index contributed by atoms with van der Waals surface area (Å²) < 4.78 is 11.8. The van der Waals surface area contributed by atoms with E-state index in [0.717, 1.165) is 51.4 Å². The SMILES string of the molecule is COc1cc(C=O)cc2c1O[C@@H]1[C@@H](O)[C@H](N(C(=O)CC3CCCC3)C3CCCC3)C=C(C(=O)NCCO)[C@H]21. The normalized spacial score (nSPS) is 26.8. The molecule has 9 nitrogen and oxygen atoms in total. The fourth-order valence-electron chi connectivity index (χ4n) is 6.89. The first kappa shape index (κ1) is 26.7. The van der Waals surface area contributed by atoms with Gasteiger partial charge in [0.05, 0.1) is 25.7 Å². The molecule has 1 aromatic rings. The molecule has 38 heavy (non-hydrogen) atoms. The van der Waals surface area contributed by atoms with Gasteiger partial charge in [0, 0.05) is 35.7 Å². The smallest absolute Gasteiger partial charge is 0.247 e. The molecule has 4 atom stereocenters. The van der Waals surface area contributed by atoms with Crippen molar-refractivity contribution >= 4 is 18.1 Å². The zero-order valence-electron chi connectivity index (χ0n) is 21.9. The summed E-state index contributed by atoms with van der Waals surface area (Å²) >= 11 is 0. The van der Waals surface area contributed by atoms with E-state index >= 15 is 0 Å². The Morgan fingerprint density at radius 1 is 1.16 bits per heavy atom. The number of hydrogen-bond acceptors (Lipinski definition) is 7. The van der Waals surface area contributed by atoms with Gasteiger partial charge >= 0.3 is 0 Å². The predicted octanol–water partition coefficient (Wildman–Crippen LogP) is 2.48. The molecule has 9 heteroatoms. The number of amides is 2. The van der Waals surface area contributed by atoms with Gasteiger partial charge in [0.2, 0.25) is 11.8 Å². The highest BCUT2D eigenvalue weighted by molar-refractivity contribution is 5.96. The van der Waals surface area contributed by atoms with Crippen LogP contribution in [0, 0.1) is 5.92 Å². The lowest BCUT2D eigenvalue weighted by Crippen LogP contribution is -2.58. The van der Waals surface area contributed by atoms with Crippen LogP contribution in [0.25, 0.3) is 0 Å². The molecule has 4 aliphatic rings. The van der Waals surface area contributed by atoms with Gasteiger partial charge in [0.15, 0.2) is 11.5 Å². The van der Waals surface area contributed by atoms with Gasteiger partial charge in [0.1, 0.15) is 18.5 Å². The third-order valence-corrected chi connectivity index (χ3v) is 8.68. The maximum absolute atomic E-state index is 13.8. The first-order valence-electron chi connectivity index (χ1n) is 13.9. The van der Waals surface area contributed by atoms with Crippen LogP contribution in [0.15, 0.2) is 23.8 Å². The van der Waals surface area contributed by atoms with Crippen LogP contribution in [-0.2, 0) is 9.59 Å². The molecule has 0 unspecified atom stereocenters. The number of hydrogen-bond donors (Lipinski definition) is 3. The molecule has 0 radical (unpaired) electrons. The molecule has 3 N–H and O–H groups in total.